The first kappa shape index (κ1) is 24.9. The highest BCUT2D eigenvalue weighted by Gasteiger charge is 2.66. The van der Waals surface area contributed by atoms with Gasteiger partial charge in [0.2, 0.25) is 0 Å². The van der Waals surface area contributed by atoms with E-state index in [-0.39, 0.29) is 24.3 Å². The lowest BCUT2D eigenvalue weighted by atomic mass is 9.83. The number of aryl methyl sites for hydroxylation is 2. The summed E-state index contributed by atoms with van der Waals surface area (Å²) in [6.07, 6.45) is 9.47. The van der Waals surface area contributed by atoms with Crippen LogP contribution in [0.4, 0.5) is 10.1 Å². The molecular formula is C28H36FNO3P+. The van der Waals surface area contributed by atoms with Crippen LogP contribution in [0, 0.1) is 19.7 Å². The molecule has 2 fully saturated rings. The van der Waals surface area contributed by atoms with Gasteiger partial charge < -0.3 is 10.1 Å². The third kappa shape index (κ3) is 5.05. The van der Waals surface area contributed by atoms with Crippen LogP contribution in [0.1, 0.15) is 61.6 Å². The fourth-order valence-corrected chi connectivity index (χ4v) is 11.5. The SMILES string of the molecule is Cc1cc(F)cc(C)c1NC(=O)C1([P+]2(CC(=O)OCc3ccccc3)CCCCCC2)CCC1. The van der Waals surface area contributed by atoms with Crippen LogP contribution in [0.5, 0.6) is 0 Å². The third-order valence-corrected chi connectivity index (χ3v) is 13.5. The van der Waals surface area contributed by atoms with E-state index in [2.05, 4.69) is 5.32 Å². The Morgan fingerprint density at radius 2 is 1.59 bits per heavy atom. The van der Waals surface area contributed by atoms with Crippen molar-refractivity contribution in [2.24, 2.45) is 0 Å². The molecule has 34 heavy (non-hydrogen) atoms. The number of hydrogen-bond donors (Lipinski definition) is 1. The molecule has 0 radical (unpaired) electrons. The van der Waals surface area contributed by atoms with Crippen molar-refractivity contribution in [2.75, 3.05) is 23.8 Å². The summed E-state index contributed by atoms with van der Waals surface area (Å²) >= 11 is 0. The molecule has 1 saturated heterocycles. The van der Waals surface area contributed by atoms with Crippen LogP contribution in [-0.2, 0) is 20.9 Å². The molecule has 1 saturated carbocycles. The number of halogens is 1. The second kappa shape index (κ2) is 10.6. The number of ether oxygens (including phenoxy) is 1. The molecule has 0 aromatic heterocycles. The Hall–Kier alpha value is -2.26. The van der Waals surface area contributed by atoms with Crippen LogP contribution < -0.4 is 5.32 Å². The van der Waals surface area contributed by atoms with Crippen molar-refractivity contribution in [3.63, 3.8) is 0 Å². The highest BCUT2D eigenvalue weighted by molar-refractivity contribution is 7.79. The van der Waals surface area contributed by atoms with E-state index in [4.69, 9.17) is 4.74 Å². The molecular weight excluding hydrogens is 448 g/mol. The lowest BCUT2D eigenvalue weighted by molar-refractivity contribution is -0.141. The number of rotatable bonds is 7. The Balaban J connectivity index is 1.58. The Bertz CT molecular complexity index is 1000. The van der Waals surface area contributed by atoms with E-state index < -0.39 is 12.4 Å². The van der Waals surface area contributed by atoms with E-state index >= 15 is 0 Å². The van der Waals surface area contributed by atoms with Gasteiger partial charge in [-0.25, -0.2) is 9.18 Å². The number of amides is 1. The van der Waals surface area contributed by atoms with Crippen molar-refractivity contribution in [3.8, 4) is 0 Å². The first-order valence-corrected chi connectivity index (χ1v) is 14.8. The summed E-state index contributed by atoms with van der Waals surface area (Å²) in [5, 5.41) is 2.72. The largest absolute Gasteiger partial charge is 0.458 e. The van der Waals surface area contributed by atoms with Gasteiger partial charge in [0.1, 0.15) is 12.4 Å². The van der Waals surface area contributed by atoms with Crippen molar-refractivity contribution in [1.29, 1.82) is 0 Å². The molecule has 1 aliphatic heterocycles. The number of esters is 1. The van der Waals surface area contributed by atoms with Crippen molar-refractivity contribution in [1.82, 2.24) is 0 Å². The highest BCUT2D eigenvalue weighted by Crippen LogP contribution is 2.76. The quantitative estimate of drug-likeness (QED) is 0.354. The van der Waals surface area contributed by atoms with Gasteiger partial charge in [-0.2, -0.15) is 0 Å². The predicted molar refractivity (Wildman–Crippen MR) is 137 cm³/mol. The van der Waals surface area contributed by atoms with Gasteiger partial charge >= 0.3 is 5.97 Å². The maximum absolute atomic E-state index is 14.0. The molecule has 0 atom stereocenters. The van der Waals surface area contributed by atoms with Gasteiger partial charge in [-0.05, 0) is 87.6 Å². The molecule has 1 aliphatic carbocycles. The lowest BCUT2D eigenvalue weighted by Crippen LogP contribution is -2.53. The van der Waals surface area contributed by atoms with Gasteiger partial charge in [0.05, 0.1) is 12.3 Å². The highest BCUT2D eigenvalue weighted by atomic mass is 31.2. The number of nitrogens with one attached hydrogen (secondary N) is 1. The number of carbonyl (C=O) groups is 2. The van der Waals surface area contributed by atoms with Gasteiger partial charge in [-0.15, -0.1) is 0 Å². The van der Waals surface area contributed by atoms with E-state index in [0.717, 1.165) is 74.0 Å². The van der Waals surface area contributed by atoms with Crippen LogP contribution in [0.2, 0.25) is 0 Å². The fourth-order valence-electron chi connectivity index (χ4n) is 5.83. The number of benzene rings is 2. The summed E-state index contributed by atoms with van der Waals surface area (Å²) in [5.41, 5.74) is 3.14. The maximum Gasteiger partial charge on any atom is 0.344 e. The molecule has 4 nitrogen and oxygen atoms in total. The number of carbonyl (C=O) groups excluding carboxylic acids is 2. The van der Waals surface area contributed by atoms with Crippen LogP contribution in [-0.4, -0.2) is 35.5 Å². The summed E-state index contributed by atoms with van der Waals surface area (Å²) in [6.45, 7) is 3.93. The first-order chi connectivity index (χ1) is 16.4. The predicted octanol–water partition coefficient (Wildman–Crippen LogP) is 6.64. The third-order valence-electron chi connectivity index (χ3n) is 7.84. The summed E-state index contributed by atoms with van der Waals surface area (Å²) in [6, 6.07) is 12.7. The standard InChI is InChI=1S/C28H35FNO3P/c1-21-17-24(29)18-22(2)26(21)30-27(32)28(13-10-14-28)34(15-8-3-4-9-16-34)20-25(31)33-19-23-11-6-5-7-12-23/h5-7,11-12,17-18H,3-4,8-10,13-16,19-20H2,1-2H3/p+1. The minimum atomic E-state index is -1.94. The Labute approximate surface area is 203 Å². The minimum absolute atomic E-state index is 0.0302. The molecule has 2 aromatic rings. The molecule has 0 spiro atoms. The minimum Gasteiger partial charge on any atom is -0.458 e. The Morgan fingerprint density at radius 3 is 2.15 bits per heavy atom. The molecule has 2 aliphatic rings. The smallest absolute Gasteiger partial charge is 0.344 e. The van der Waals surface area contributed by atoms with Gasteiger partial charge in [-0.1, -0.05) is 30.3 Å². The van der Waals surface area contributed by atoms with Gasteiger partial charge in [0.25, 0.3) is 5.91 Å². The van der Waals surface area contributed by atoms with Crippen LogP contribution in [0.15, 0.2) is 42.5 Å². The molecule has 1 N–H and O–H groups in total. The lowest BCUT2D eigenvalue weighted by Gasteiger charge is -2.48. The van der Waals surface area contributed by atoms with Crippen molar-refractivity contribution >= 4 is 24.8 Å². The van der Waals surface area contributed by atoms with Gasteiger partial charge in [0.15, 0.2) is 11.3 Å². The molecule has 6 heteroatoms. The fraction of sp³-hybridized carbons (Fsp3) is 0.500. The van der Waals surface area contributed by atoms with Gasteiger partial charge in [-0.3, -0.25) is 4.79 Å². The van der Waals surface area contributed by atoms with Crippen molar-refractivity contribution in [3.05, 3.63) is 65.0 Å². The van der Waals surface area contributed by atoms with E-state index in [9.17, 15) is 14.0 Å². The van der Waals surface area contributed by atoms with Crippen LogP contribution in [0.3, 0.4) is 0 Å². The zero-order valence-corrected chi connectivity index (χ0v) is 21.3. The van der Waals surface area contributed by atoms with E-state index in [0.29, 0.717) is 11.8 Å². The summed E-state index contributed by atoms with van der Waals surface area (Å²) in [5.74, 6) is -0.435. The van der Waals surface area contributed by atoms with Crippen molar-refractivity contribution < 1.29 is 18.7 Å². The summed E-state index contributed by atoms with van der Waals surface area (Å²) in [7, 11) is -1.94. The molecule has 4 rings (SSSR count). The second-order valence-electron chi connectivity index (χ2n) is 10.1. The Kier molecular flexibility index (Phi) is 7.72. The molecule has 0 bridgehead atoms. The average molecular weight is 485 g/mol. The average Bonchev–Trinajstić information content (AvgIpc) is 3.01. The Morgan fingerprint density at radius 1 is 0.971 bits per heavy atom. The number of hydrogen-bond acceptors (Lipinski definition) is 3. The monoisotopic (exact) mass is 484 g/mol. The molecule has 2 aromatic carbocycles. The summed E-state index contributed by atoms with van der Waals surface area (Å²) < 4.78 is 19.6. The topological polar surface area (TPSA) is 55.4 Å². The van der Waals surface area contributed by atoms with E-state index in [1.54, 1.807) is 0 Å². The zero-order valence-electron chi connectivity index (χ0n) is 20.4. The molecule has 182 valence electrons. The second-order valence-corrected chi connectivity index (χ2v) is 14.4. The first-order valence-electron chi connectivity index (χ1n) is 12.5. The normalized spacial score (nSPS) is 18.9. The van der Waals surface area contributed by atoms with E-state index in [1.807, 2.05) is 44.2 Å². The maximum atomic E-state index is 14.0. The van der Waals surface area contributed by atoms with Gasteiger partial charge in [0, 0.05) is 12.9 Å². The molecule has 1 heterocycles. The van der Waals surface area contributed by atoms with E-state index in [1.165, 1.54) is 12.1 Å². The zero-order chi connectivity index (χ0) is 24.2. The van der Waals surface area contributed by atoms with Crippen molar-refractivity contribution in [2.45, 2.75) is 70.6 Å². The van der Waals surface area contributed by atoms with Crippen LogP contribution in [0.25, 0.3) is 0 Å². The number of anilines is 1. The summed E-state index contributed by atoms with van der Waals surface area (Å²) in [4.78, 5) is 27.1. The molecule has 0 unspecified atom stereocenters. The van der Waals surface area contributed by atoms with Crippen LogP contribution >= 0.6 is 7.26 Å². The molecule has 1 amide bonds.